The van der Waals surface area contributed by atoms with Crippen molar-refractivity contribution in [1.29, 1.82) is 0 Å². The summed E-state index contributed by atoms with van der Waals surface area (Å²) in [6, 6.07) is 3.65. The number of carbonyl (C=O) groups is 1. The molecule has 0 saturated carbocycles. The molecule has 1 amide bonds. The standard InChI is InChI=1S/C14H15NO5S/c1-15(18-3)14(16)11-6-8-10(21-11)7-9(17-2)13-12(8)19-4-5-20-13/h6-7H,4-5H2,1-3H3. The molecule has 0 spiro atoms. The van der Waals surface area contributed by atoms with Crippen molar-refractivity contribution in [3.8, 4) is 17.2 Å². The molecular formula is C14H15NO5S. The second-order valence-corrected chi connectivity index (χ2v) is 5.53. The van der Waals surface area contributed by atoms with E-state index in [2.05, 4.69) is 0 Å². The van der Waals surface area contributed by atoms with Crippen LogP contribution in [-0.2, 0) is 4.84 Å². The fourth-order valence-corrected chi connectivity index (χ4v) is 3.23. The Balaban J connectivity index is 2.15. The summed E-state index contributed by atoms with van der Waals surface area (Å²) < 4.78 is 17.6. The maximum Gasteiger partial charge on any atom is 0.287 e. The van der Waals surface area contributed by atoms with Gasteiger partial charge < -0.3 is 14.2 Å². The van der Waals surface area contributed by atoms with Crippen LogP contribution in [0.1, 0.15) is 9.67 Å². The zero-order valence-electron chi connectivity index (χ0n) is 12.0. The van der Waals surface area contributed by atoms with Crippen molar-refractivity contribution in [3.63, 3.8) is 0 Å². The van der Waals surface area contributed by atoms with Crippen molar-refractivity contribution >= 4 is 27.3 Å². The van der Waals surface area contributed by atoms with Gasteiger partial charge >= 0.3 is 0 Å². The lowest BCUT2D eigenvalue weighted by molar-refractivity contribution is -0.0753. The number of carbonyl (C=O) groups excluding carboxylic acids is 1. The van der Waals surface area contributed by atoms with Gasteiger partial charge in [-0.2, -0.15) is 0 Å². The van der Waals surface area contributed by atoms with E-state index < -0.39 is 0 Å². The molecule has 0 bridgehead atoms. The van der Waals surface area contributed by atoms with Crippen LogP contribution in [0.3, 0.4) is 0 Å². The third-order valence-corrected chi connectivity index (χ3v) is 4.33. The van der Waals surface area contributed by atoms with Gasteiger partial charge in [-0.3, -0.25) is 9.63 Å². The molecule has 21 heavy (non-hydrogen) atoms. The quantitative estimate of drug-likeness (QED) is 0.814. The van der Waals surface area contributed by atoms with Crippen LogP contribution in [0.4, 0.5) is 0 Å². The zero-order valence-corrected chi connectivity index (χ0v) is 12.8. The molecule has 0 unspecified atom stereocenters. The van der Waals surface area contributed by atoms with Crippen LogP contribution in [0, 0.1) is 0 Å². The van der Waals surface area contributed by atoms with Gasteiger partial charge in [0.15, 0.2) is 11.5 Å². The van der Waals surface area contributed by atoms with E-state index in [1.165, 1.54) is 23.5 Å². The van der Waals surface area contributed by atoms with Gasteiger partial charge in [-0.05, 0) is 6.07 Å². The van der Waals surface area contributed by atoms with Gasteiger partial charge in [0, 0.05) is 23.2 Å². The smallest absolute Gasteiger partial charge is 0.287 e. The predicted octanol–water partition coefficient (Wildman–Crippen LogP) is 2.31. The number of rotatable bonds is 3. The number of methoxy groups -OCH3 is 1. The molecule has 2 aromatic rings. The Kier molecular flexibility index (Phi) is 3.60. The van der Waals surface area contributed by atoms with E-state index in [-0.39, 0.29) is 5.91 Å². The lowest BCUT2D eigenvalue weighted by Crippen LogP contribution is -2.24. The van der Waals surface area contributed by atoms with Crippen molar-refractivity contribution in [2.75, 3.05) is 34.5 Å². The van der Waals surface area contributed by atoms with Gasteiger partial charge in [0.2, 0.25) is 5.75 Å². The van der Waals surface area contributed by atoms with Crippen LogP contribution in [0.2, 0.25) is 0 Å². The summed E-state index contributed by atoms with van der Waals surface area (Å²) in [6.07, 6.45) is 0. The van der Waals surface area contributed by atoms with Crippen molar-refractivity contribution in [2.24, 2.45) is 0 Å². The average molecular weight is 309 g/mol. The molecule has 6 nitrogen and oxygen atoms in total. The molecular weight excluding hydrogens is 294 g/mol. The zero-order chi connectivity index (χ0) is 15.0. The first kappa shape index (κ1) is 14.0. The van der Waals surface area contributed by atoms with E-state index in [4.69, 9.17) is 19.0 Å². The van der Waals surface area contributed by atoms with Crippen LogP contribution in [0.5, 0.6) is 17.2 Å². The average Bonchev–Trinajstić information content (AvgIpc) is 2.96. The van der Waals surface area contributed by atoms with E-state index in [1.807, 2.05) is 6.07 Å². The molecule has 1 aliphatic rings. The molecule has 0 saturated heterocycles. The Morgan fingerprint density at radius 3 is 2.62 bits per heavy atom. The molecule has 1 aliphatic heterocycles. The first-order chi connectivity index (χ1) is 10.2. The molecule has 112 valence electrons. The van der Waals surface area contributed by atoms with Crippen LogP contribution in [0.25, 0.3) is 10.1 Å². The number of nitrogens with zero attached hydrogens (tertiary/aromatic N) is 1. The lowest BCUT2D eigenvalue weighted by Gasteiger charge is -2.21. The second-order valence-electron chi connectivity index (χ2n) is 4.44. The van der Waals surface area contributed by atoms with Crippen LogP contribution < -0.4 is 14.2 Å². The van der Waals surface area contributed by atoms with Crippen LogP contribution in [-0.4, -0.2) is 45.5 Å². The molecule has 1 aromatic heterocycles. The number of fused-ring (bicyclic) bond motifs is 3. The minimum absolute atomic E-state index is 0.205. The second kappa shape index (κ2) is 5.42. The SMILES string of the molecule is COc1cc2sc(C(=O)N(C)OC)cc2c2c1OCCO2. The molecule has 0 atom stereocenters. The lowest BCUT2D eigenvalue weighted by atomic mass is 10.2. The summed E-state index contributed by atoms with van der Waals surface area (Å²) in [4.78, 5) is 17.7. The van der Waals surface area contributed by atoms with Gasteiger partial charge in [0.05, 0.1) is 19.1 Å². The number of amides is 1. The fraction of sp³-hybridized carbons (Fsp3) is 0.357. The van der Waals surface area contributed by atoms with E-state index in [0.29, 0.717) is 35.3 Å². The largest absolute Gasteiger partial charge is 0.493 e. The van der Waals surface area contributed by atoms with Crippen molar-refractivity contribution < 1.29 is 23.8 Å². The molecule has 3 rings (SSSR count). The minimum Gasteiger partial charge on any atom is -0.493 e. The number of thiophene rings is 1. The number of benzene rings is 1. The van der Waals surface area contributed by atoms with Gasteiger partial charge in [-0.1, -0.05) is 0 Å². The number of hydroxylamine groups is 2. The number of hydrogen-bond donors (Lipinski definition) is 0. The maximum absolute atomic E-state index is 12.2. The van der Waals surface area contributed by atoms with Gasteiger partial charge in [0.25, 0.3) is 5.91 Å². The number of ether oxygens (including phenoxy) is 3. The summed E-state index contributed by atoms with van der Waals surface area (Å²) in [5, 5.41) is 2.04. The van der Waals surface area contributed by atoms with Crippen molar-refractivity contribution in [1.82, 2.24) is 5.06 Å². The summed E-state index contributed by atoms with van der Waals surface area (Å²) in [6.45, 7) is 0.962. The molecule has 2 heterocycles. The van der Waals surface area contributed by atoms with E-state index in [9.17, 15) is 4.79 Å². The molecule has 0 radical (unpaired) electrons. The Hall–Kier alpha value is -1.99. The van der Waals surface area contributed by atoms with E-state index in [0.717, 1.165) is 10.1 Å². The monoisotopic (exact) mass is 309 g/mol. The third kappa shape index (κ3) is 2.28. The fourth-order valence-electron chi connectivity index (χ4n) is 2.17. The van der Waals surface area contributed by atoms with E-state index >= 15 is 0 Å². The summed E-state index contributed by atoms with van der Waals surface area (Å²) >= 11 is 1.36. The van der Waals surface area contributed by atoms with Gasteiger partial charge in [0.1, 0.15) is 13.2 Å². The molecule has 1 aromatic carbocycles. The highest BCUT2D eigenvalue weighted by Crippen LogP contribution is 2.47. The summed E-state index contributed by atoms with van der Waals surface area (Å²) in [5.41, 5.74) is 0. The Bertz CT molecular complexity index is 696. The maximum atomic E-state index is 12.2. The summed E-state index contributed by atoms with van der Waals surface area (Å²) in [5.74, 6) is 1.63. The normalized spacial score (nSPS) is 13.3. The highest BCUT2D eigenvalue weighted by molar-refractivity contribution is 7.20. The highest BCUT2D eigenvalue weighted by Gasteiger charge is 2.24. The Morgan fingerprint density at radius 1 is 1.24 bits per heavy atom. The topological polar surface area (TPSA) is 57.2 Å². The molecule has 0 aliphatic carbocycles. The van der Waals surface area contributed by atoms with Crippen molar-refractivity contribution in [2.45, 2.75) is 0 Å². The molecule has 0 fully saturated rings. The highest BCUT2D eigenvalue weighted by atomic mass is 32.1. The Morgan fingerprint density at radius 2 is 1.95 bits per heavy atom. The van der Waals surface area contributed by atoms with Gasteiger partial charge in [-0.25, -0.2) is 5.06 Å². The minimum atomic E-state index is -0.205. The first-order valence-corrected chi connectivity index (χ1v) is 7.19. The molecule has 0 N–H and O–H groups in total. The third-order valence-electron chi connectivity index (χ3n) is 3.26. The predicted molar refractivity (Wildman–Crippen MR) is 78.5 cm³/mol. The van der Waals surface area contributed by atoms with E-state index in [1.54, 1.807) is 20.2 Å². The van der Waals surface area contributed by atoms with Gasteiger partial charge in [-0.15, -0.1) is 11.3 Å². The Labute approximate surface area is 125 Å². The number of hydrogen-bond acceptors (Lipinski definition) is 6. The van der Waals surface area contributed by atoms with Crippen LogP contribution in [0.15, 0.2) is 12.1 Å². The summed E-state index contributed by atoms with van der Waals surface area (Å²) in [7, 11) is 4.60. The van der Waals surface area contributed by atoms with Crippen LogP contribution >= 0.6 is 11.3 Å². The molecule has 7 heteroatoms. The van der Waals surface area contributed by atoms with Crippen molar-refractivity contribution in [3.05, 3.63) is 17.0 Å². The first-order valence-electron chi connectivity index (χ1n) is 6.38.